The first kappa shape index (κ1) is 10.7. The summed E-state index contributed by atoms with van der Waals surface area (Å²) in [7, 11) is 0. The van der Waals surface area contributed by atoms with Crippen molar-refractivity contribution >= 4 is 0 Å². The Kier molecular flexibility index (Phi) is 4.46. The van der Waals surface area contributed by atoms with E-state index in [1.807, 2.05) is 0 Å². The molecule has 1 unspecified atom stereocenters. The predicted molar refractivity (Wildman–Crippen MR) is 55.6 cm³/mol. The molecular formula is C11H21NO. The molecule has 76 valence electrons. The summed E-state index contributed by atoms with van der Waals surface area (Å²) in [5.41, 5.74) is 7.00. The summed E-state index contributed by atoms with van der Waals surface area (Å²) < 4.78 is 5.68. The monoisotopic (exact) mass is 183 g/mol. The molecule has 0 amide bonds. The average Bonchev–Trinajstić information content (AvgIpc) is 2.15. The molecule has 0 aromatic rings. The topological polar surface area (TPSA) is 35.2 Å². The summed E-state index contributed by atoms with van der Waals surface area (Å²) in [5.74, 6) is 0.626. The third kappa shape index (κ3) is 3.49. The number of nitrogens with two attached hydrogens (primary N) is 1. The fraction of sp³-hybridized carbons (Fsp3) is 0.818. The number of hydrogen-bond donors (Lipinski definition) is 1. The SMILES string of the molecule is CC(C)C1CC(=CCCN)CCO1. The van der Waals surface area contributed by atoms with Crippen LogP contribution in [-0.4, -0.2) is 19.3 Å². The minimum absolute atomic E-state index is 0.428. The van der Waals surface area contributed by atoms with Gasteiger partial charge in [0, 0.05) is 0 Å². The zero-order valence-electron chi connectivity index (χ0n) is 8.75. The van der Waals surface area contributed by atoms with E-state index in [1.54, 1.807) is 0 Å². The number of rotatable bonds is 3. The molecule has 0 spiro atoms. The maximum Gasteiger partial charge on any atom is 0.0635 e. The molecule has 0 aliphatic carbocycles. The van der Waals surface area contributed by atoms with Crippen LogP contribution in [0.1, 0.15) is 33.1 Å². The highest BCUT2D eigenvalue weighted by atomic mass is 16.5. The van der Waals surface area contributed by atoms with Crippen molar-refractivity contribution in [1.29, 1.82) is 0 Å². The van der Waals surface area contributed by atoms with Gasteiger partial charge in [-0.3, -0.25) is 0 Å². The van der Waals surface area contributed by atoms with Crippen LogP contribution in [0, 0.1) is 5.92 Å². The lowest BCUT2D eigenvalue weighted by atomic mass is 9.94. The highest BCUT2D eigenvalue weighted by Crippen LogP contribution is 2.24. The van der Waals surface area contributed by atoms with Crippen molar-refractivity contribution in [2.24, 2.45) is 11.7 Å². The van der Waals surface area contributed by atoms with Crippen LogP contribution in [0.5, 0.6) is 0 Å². The van der Waals surface area contributed by atoms with Gasteiger partial charge in [-0.15, -0.1) is 0 Å². The van der Waals surface area contributed by atoms with E-state index in [2.05, 4.69) is 19.9 Å². The van der Waals surface area contributed by atoms with Crippen LogP contribution in [0.2, 0.25) is 0 Å². The summed E-state index contributed by atoms with van der Waals surface area (Å²) in [6, 6.07) is 0. The molecule has 1 aliphatic heterocycles. The van der Waals surface area contributed by atoms with E-state index < -0.39 is 0 Å². The van der Waals surface area contributed by atoms with Crippen LogP contribution < -0.4 is 5.73 Å². The Morgan fingerprint density at radius 1 is 1.62 bits per heavy atom. The van der Waals surface area contributed by atoms with E-state index in [0.717, 1.165) is 32.4 Å². The molecule has 2 nitrogen and oxygen atoms in total. The lowest BCUT2D eigenvalue weighted by Crippen LogP contribution is -2.25. The first-order chi connectivity index (χ1) is 6.24. The first-order valence-electron chi connectivity index (χ1n) is 5.23. The van der Waals surface area contributed by atoms with Crippen molar-refractivity contribution in [1.82, 2.24) is 0 Å². The average molecular weight is 183 g/mol. The standard InChI is InChI=1S/C11H21NO/c1-9(2)11-8-10(4-3-6-12)5-7-13-11/h4,9,11H,3,5-8,12H2,1-2H3. The lowest BCUT2D eigenvalue weighted by molar-refractivity contribution is 0.00642. The van der Waals surface area contributed by atoms with Crippen LogP contribution in [0.25, 0.3) is 0 Å². The summed E-state index contributed by atoms with van der Waals surface area (Å²) in [6.45, 7) is 6.09. The van der Waals surface area contributed by atoms with E-state index in [9.17, 15) is 0 Å². The van der Waals surface area contributed by atoms with Crippen LogP contribution >= 0.6 is 0 Å². The zero-order chi connectivity index (χ0) is 9.68. The predicted octanol–water partition coefficient (Wildman–Crippen LogP) is 2.10. The summed E-state index contributed by atoms with van der Waals surface area (Å²) in [5, 5.41) is 0. The highest BCUT2D eigenvalue weighted by molar-refractivity contribution is 5.06. The second kappa shape index (κ2) is 5.40. The smallest absolute Gasteiger partial charge is 0.0635 e. The van der Waals surface area contributed by atoms with Gasteiger partial charge in [-0.25, -0.2) is 0 Å². The number of ether oxygens (including phenoxy) is 1. The van der Waals surface area contributed by atoms with Gasteiger partial charge in [0.15, 0.2) is 0 Å². The third-order valence-electron chi connectivity index (χ3n) is 2.56. The van der Waals surface area contributed by atoms with Gasteiger partial charge in [-0.1, -0.05) is 25.5 Å². The lowest BCUT2D eigenvalue weighted by Gasteiger charge is -2.27. The van der Waals surface area contributed by atoms with Gasteiger partial charge in [-0.2, -0.15) is 0 Å². The fourth-order valence-electron chi connectivity index (χ4n) is 1.66. The summed E-state index contributed by atoms with van der Waals surface area (Å²) >= 11 is 0. The minimum atomic E-state index is 0.428. The first-order valence-corrected chi connectivity index (χ1v) is 5.23. The molecule has 0 bridgehead atoms. The molecular weight excluding hydrogens is 162 g/mol. The minimum Gasteiger partial charge on any atom is -0.377 e. The van der Waals surface area contributed by atoms with E-state index in [1.165, 1.54) is 5.57 Å². The van der Waals surface area contributed by atoms with Crippen molar-refractivity contribution in [2.45, 2.75) is 39.2 Å². The molecule has 0 radical (unpaired) electrons. The molecule has 2 N–H and O–H groups in total. The van der Waals surface area contributed by atoms with E-state index in [0.29, 0.717) is 12.0 Å². The summed E-state index contributed by atoms with van der Waals surface area (Å²) in [4.78, 5) is 0. The van der Waals surface area contributed by atoms with E-state index in [-0.39, 0.29) is 0 Å². The third-order valence-corrected chi connectivity index (χ3v) is 2.56. The Labute approximate surface area is 81.1 Å². The zero-order valence-corrected chi connectivity index (χ0v) is 8.75. The van der Waals surface area contributed by atoms with Crippen LogP contribution in [0.15, 0.2) is 11.6 Å². The Morgan fingerprint density at radius 3 is 3.00 bits per heavy atom. The Bertz CT molecular complexity index is 175. The Morgan fingerprint density at radius 2 is 2.38 bits per heavy atom. The molecule has 1 heterocycles. The highest BCUT2D eigenvalue weighted by Gasteiger charge is 2.19. The molecule has 13 heavy (non-hydrogen) atoms. The van der Waals surface area contributed by atoms with Crippen LogP contribution in [0.4, 0.5) is 0 Å². The Hall–Kier alpha value is -0.340. The van der Waals surface area contributed by atoms with Gasteiger partial charge in [0.2, 0.25) is 0 Å². The molecule has 0 aromatic carbocycles. The molecule has 1 rings (SSSR count). The van der Waals surface area contributed by atoms with Gasteiger partial charge >= 0.3 is 0 Å². The second-order valence-corrected chi connectivity index (χ2v) is 4.05. The molecule has 0 aromatic heterocycles. The number of hydrogen-bond acceptors (Lipinski definition) is 2. The van der Waals surface area contributed by atoms with Crippen molar-refractivity contribution in [3.05, 3.63) is 11.6 Å². The molecule has 1 atom stereocenters. The Balaban J connectivity index is 2.41. The second-order valence-electron chi connectivity index (χ2n) is 4.05. The van der Waals surface area contributed by atoms with Crippen molar-refractivity contribution in [2.75, 3.05) is 13.2 Å². The van der Waals surface area contributed by atoms with Crippen LogP contribution in [0.3, 0.4) is 0 Å². The maximum atomic E-state index is 5.68. The van der Waals surface area contributed by atoms with Gasteiger partial charge in [0.25, 0.3) is 0 Å². The van der Waals surface area contributed by atoms with Crippen LogP contribution in [-0.2, 0) is 4.74 Å². The summed E-state index contributed by atoms with van der Waals surface area (Å²) in [6.07, 6.45) is 5.94. The van der Waals surface area contributed by atoms with Crippen molar-refractivity contribution < 1.29 is 4.74 Å². The van der Waals surface area contributed by atoms with Gasteiger partial charge < -0.3 is 10.5 Å². The van der Waals surface area contributed by atoms with Crippen molar-refractivity contribution in [3.63, 3.8) is 0 Å². The van der Waals surface area contributed by atoms with Gasteiger partial charge in [-0.05, 0) is 31.7 Å². The molecule has 1 aliphatic rings. The largest absolute Gasteiger partial charge is 0.377 e. The quantitative estimate of drug-likeness (QED) is 0.680. The molecule has 0 saturated carbocycles. The molecule has 2 heteroatoms. The van der Waals surface area contributed by atoms with Gasteiger partial charge in [0.1, 0.15) is 0 Å². The molecule has 1 saturated heterocycles. The maximum absolute atomic E-state index is 5.68. The van der Waals surface area contributed by atoms with E-state index >= 15 is 0 Å². The van der Waals surface area contributed by atoms with Crippen molar-refractivity contribution in [3.8, 4) is 0 Å². The molecule has 1 fully saturated rings. The van der Waals surface area contributed by atoms with E-state index in [4.69, 9.17) is 10.5 Å². The normalized spacial score (nSPS) is 27.1. The van der Waals surface area contributed by atoms with Gasteiger partial charge in [0.05, 0.1) is 12.7 Å². The fourth-order valence-corrected chi connectivity index (χ4v) is 1.66.